The van der Waals surface area contributed by atoms with Crippen LogP contribution in [-0.4, -0.2) is 13.2 Å². The van der Waals surface area contributed by atoms with Crippen molar-refractivity contribution in [3.63, 3.8) is 0 Å². The Morgan fingerprint density at radius 2 is 1.89 bits per heavy atom. The third-order valence-electron chi connectivity index (χ3n) is 3.46. The zero-order chi connectivity index (χ0) is 13.1. The summed E-state index contributed by atoms with van der Waals surface area (Å²) in [6, 6.07) is 15.0. The molecule has 98 valence electrons. The Bertz CT molecular complexity index is 570. The highest BCUT2D eigenvalue weighted by molar-refractivity contribution is 5.33. The van der Waals surface area contributed by atoms with Crippen molar-refractivity contribution in [3.8, 4) is 5.75 Å². The van der Waals surface area contributed by atoms with Gasteiger partial charge in [0.25, 0.3) is 0 Å². The van der Waals surface area contributed by atoms with E-state index < -0.39 is 0 Å². The van der Waals surface area contributed by atoms with Crippen molar-refractivity contribution in [1.82, 2.24) is 5.32 Å². The summed E-state index contributed by atoms with van der Waals surface area (Å²) in [6.45, 7) is 1.38. The maximum absolute atomic E-state index is 13.5. The molecule has 0 aliphatic carbocycles. The average Bonchev–Trinajstić information content (AvgIpc) is 2.46. The molecule has 0 spiro atoms. The third kappa shape index (κ3) is 2.61. The van der Waals surface area contributed by atoms with E-state index in [1.165, 1.54) is 17.2 Å². The first-order chi connectivity index (χ1) is 9.34. The average molecular weight is 257 g/mol. The molecule has 0 saturated heterocycles. The quantitative estimate of drug-likeness (QED) is 0.912. The van der Waals surface area contributed by atoms with E-state index in [1.54, 1.807) is 18.2 Å². The molecule has 1 heterocycles. The van der Waals surface area contributed by atoms with E-state index in [4.69, 9.17) is 4.74 Å². The van der Waals surface area contributed by atoms with Crippen molar-refractivity contribution in [2.75, 3.05) is 13.2 Å². The van der Waals surface area contributed by atoms with Crippen LogP contribution in [0.15, 0.2) is 48.5 Å². The van der Waals surface area contributed by atoms with Crippen LogP contribution in [0.1, 0.15) is 17.2 Å². The van der Waals surface area contributed by atoms with Crippen LogP contribution in [0.5, 0.6) is 5.75 Å². The molecule has 3 rings (SSSR count). The van der Waals surface area contributed by atoms with E-state index in [0.29, 0.717) is 12.4 Å². The van der Waals surface area contributed by atoms with E-state index >= 15 is 0 Å². The molecule has 1 aliphatic rings. The molecular formula is C16H16FNO. The molecule has 2 nitrogen and oxygen atoms in total. The summed E-state index contributed by atoms with van der Waals surface area (Å²) in [7, 11) is 0. The smallest absolute Gasteiger partial charge is 0.165 e. The monoisotopic (exact) mass is 257 g/mol. The molecule has 1 atom stereocenters. The van der Waals surface area contributed by atoms with Crippen LogP contribution < -0.4 is 10.1 Å². The van der Waals surface area contributed by atoms with Gasteiger partial charge in [-0.05, 0) is 36.2 Å². The van der Waals surface area contributed by atoms with E-state index in [2.05, 4.69) is 23.5 Å². The highest BCUT2D eigenvalue weighted by Gasteiger charge is 2.19. The third-order valence-corrected chi connectivity index (χ3v) is 3.46. The number of halogens is 1. The summed E-state index contributed by atoms with van der Waals surface area (Å²) in [5.41, 5.74) is 2.61. The first-order valence-electron chi connectivity index (χ1n) is 6.53. The van der Waals surface area contributed by atoms with Gasteiger partial charge in [-0.1, -0.05) is 36.4 Å². The summed E-state index contributed by atoms with van der Waals surface area (Å²) < 4.78 is 19.1. The molecule has 2 aromatic rings. The van der Waals surface area contributed by atoms with Gasteiger partial charge in [0.1, 0.15) is 6.61 Å². The Balaban J connectivity index is 1.73. The standard InChI is InChI=1S/C16H16FNO/c17-14-7-3-4-8-16(14)19-11-15-13-6-2-1-5-12(13)9-10-18-15/h1-8,15,18H,9-11H2. The Hall–Kier alpha value is -1.87. The lowest BCUT2D eigenvalue weighted by Crippen LogP contribution is -2.33. The molecule has 0 radical (unpaired) electrons. The Morgan fingerprint density at radius 1 is 1.11 bits per heavy atom. The van der Waals surface area contributed by atoms with E-state index in [9.17, 15) is 4.39 Å². The van der Waals surface area contributed by atoms with Gasteiger partial charge in [0, 0.05) is 0 Å². The normalized spacial score (nSPS) is 17.8. The zero-order valence-electron chi connectivity index (χ0n) is 10.6. The van der Waals surface area contributed by atoms with Crippen LogP contribution in [0.3, 0.4) is 0 Å². The lowest BCUT2D eigenvalue weighted by molar-refractivity contribution is 0.251. The highest BCUT2D eigenvalue weighted by atomic mass is 19.1. The van der Waals surface area contributed by atoms with Gasteiger partial charge in [-0.3, -0.25) is 0 Å². The fourth-order valence-corrected chi connectivity index (χ4v) is 2.48. The van der Waals surface area contributed by atoms with Crippen LogP contribution in [0.4, 0.5) is 4.39 Å². The van der Waals surface area contributed by atoms with Crippen molar-refractivity contribution >= 4 is 0 Å². The Morgan fingerprint density at radius 3 is 2.79 bits per heavy atom. The van der Waals surface area contributed by atoms with Crippen molar-refractivity contribution in [1.29, 1.82) is 0 Å². The Labute approximate surface area is 112 Å². The van der Waals surface area contributed by atoms with Crippen molar-refractivity contribution < 1.29 is 9.13 Å². The Kier molecular flexibility index (Phi) is 3.47. The number of nitrogens with one attached hydrogen (secondary N) is 1. The summed E-state index contributed by atoms with van der Waals surface area (Å²) in [5, 5.41) is 3.42. The van der Waals surface area contributed by atoms with Crippen molar-refractivity contribution in [2.45, 2.75) is 12.5 Å². The summed E-state index contributed by atoms with van der Waals surface area (Å²) in [4.78, 5) is 0. The molecule has 19 heavy (non-hydrogen) atoms. The molecule has 1 unspecified atom stereocenters. The van der Waals surface area contributed by atoms with Crippen LogP contribution in [-0.2, 0) is 6.42 Å². The van der Waals surface area contributed by atoms with Crippen LogP contribution in [0.2, 0.25) is 0 Å². The number of ether oxygens (including phenoxy) is 1. The van der Waals surface area contributed by atoms with E-state index in [1.807, 2.05) is 6.07 Å². The first kappa shape index (κ1) is 12.2. The number of rotatable bonds is 3. The number of benzene rings is 2. The number of hydrogen-bond acceptors (Lipinski definition) is 2. The number of fused-ring (bicyclic) bond motifs is 1. The predicted molar refractivity (Wildman–Crippen MR) is 72.8 cm³/mol. The minimum absolute atomic E-state index is 0.129. The molecular weight excluding hydrogens is 241 g/mol. The molecule has 1 N–H and O–H groups in total. The maximum Gasteiger partial charge on any atom is 0.165 e. The lowest BCUT2D eigenvalue weighted by atomic mass is 9.95. The van der Waals surface area contributed by atoms with Crippen LogP contribution in [0, 0.1) is 5.82 Å². The SMILES string of the molecule is Fc1ccccc1OCC1NCCc2ccccc21. The van der Waals surface area contributed by atoms with Gasteiger partial charge < -0.3 is 10.1 Å². The molecule has 0 fully saturated rings. The number of para-hydroxylation sites is 1. The minimum atomic E-state index is -0.313. The summed E-state index contributed by atoms with van der Waals surface area (Å²) >= 11 is 0. The van der Waals surface area contributed by atoms with Crippen molar-refractivity contribution in [2.24, 2.45) is 0 Å². The van der Waals surface area contributed by atoms with Gasteiger partial charge in [0.2, 0.25) is 0 Å². The predicted octanol–water partition coefficient (Wildman–Crippen LogP) is 3.09. The molecule has 0 bridgehead atoms. The van der Waals surface area contributed by atoms with Gasteiger partial charge in [-0.15, -0.1) is 0 Å². The van der Waals surface area contributed by atoms with Gasteiger partial charge in [0.15, 0.2) is 11.6 Å². The maximum atomic E-state index is 13.5. The highest BCUT2D eigenvalue weighted by Crippen LogP contribution is 2.24. The number of hydrogen-bond donors (Lipinski definition) is 1. The second-order valence-electron chi connectivity index (χ2n) is 4.70. The molecule has 0 saturated carbocycles. The first-order valence-corrected chi connectivity index (χ1v) is 6.53. The molecule has 3 heteroatoms. The fourth-order valence-electron chi connectivity index (χ4n) is 2.48. The second kappa shape index (κ2) is 5.41. The lowest BCUT2D eigenvalue weighted by Gasteiger charge is -2.26. The zero-order valence-corrected chi connectivity index (χ0v) is 10.6. The topological polar surface area (TPSA) is 21.3 Å². The van der Waals surface area contributed by atoms with Crippen molar-refractivity contribution in [3.05, 3.63) is 65.5 Å². The minimum Gasteiger partial charge on any atom is -0.489 e. The largest absolute Gasteiger partial charge is 0.489 e. The fraction of sp³-hybridized carbons (Fsp3) is 0.250. The summed E-state index contributed by atoms with van der Waals surface area (Å²) in [6.07, 6.45) is 1.03. The van der Waals surface area contributed by atoms with Gasteiger partial charge in [0.05, 0.1) is 6.04 Å². The molecule has 0 amide bonds. The summed E-state index contributed by atoms with van der Waals surface area (Å²) in [5.74, 6) is -0.000973. The van der Waals surface area contributed by atoms with Crippen LogP contribution >= 0.6 is 0 Å². The molecule has 1 aliphatic heterocycles. The van der Waals surface area contributed by atoms with Gasteiger partial charge in [-0.2, -0.15) is 0 Å². The van der Waals surface area contributed by atoms with E-state index in [0.717, 1.165) is 13.0 Å². The van der Waals surface area contributed by atoms with Crippen LogP contribution in [0.25, 0.3) is 0 Å². The molecule has 0 aromatic heterocycles. The van der Waals surface area contributed by atoms with E-state index in [-0.39, 0.29) is 11.9 Å². The van der Waals surface area contributed by atoms with Gasteiger partial charge in [-0.25, -0.2) is 4.39 Å². The molecule has 2 aromatic carbocycles. The van der Waals surface area contributed by atoms with Gasteiger partial charge >= 0.3 is 0 Å². The second-order valence-corrected chi connectivity index (χ2v) is 4.70.